The number of rotatable bonds is 3. The maximum atomic E-state index is 12.9. The van der Waals surface area contributed by atoms with Crippen LogP contribution < -0.4 is 4.73 Å². The minimum Gasteiger partial charge on any atom is -0.340 e. The molecule has 1 amide bonds. The van der Waals surface area contributed by atoms with Gasteiger partial charge in [0.2, 0.25) is 18.3 Å². The number of carbonyl (C=O) groups excluding carboxylic acids is 1. The van der Waals surface area contributed by atoms with E-state index in [2.05, 4.69) is 52.0 Å². The van der Waals surface area contributed by atoms with E-state index in [1.165, 1.54) is 22.3 Å². The Morgan fingerprint density at radius 2 is 1.91 bits per heavy atom. The van der Waals surface area contributed by atoms with Crippen LogP contribution in [0.1, 0.15) is 39.6 Å². The van der Waals surface area contributed by atoms with Gasteiger partial charge in [0.1, 0.15) is 0 Å². The van der Waals surface area contributed by atoms with Crippen molar-refractivity contribution in [2.24, 2.45) is 0 Å². The largest absolute Gasteiger partial charge is 0.340 e. The summed E-state index contributed by atoms with van der Waals surface area (Å²) in [5.74, 6) is 0.130. The van der Waals surface area contributed by atoms with Crippen molar-refractivity contribution in [2.45, 2.75) is 32.2 Å². The van der Waals surface area contributed by atoms with Crippen LogP contribution in [0.4, 0.5) is 0 Å². The van der Waals surface area contributed by atoms with Gasteiger partial charge in [0.25, 0.3) is 0 Å². The Kier molecular flexibility index (Phi) is 6.17. The Morgan fingerprint density at radius 3 is 2.67 bits per heavy atom. The number of hydrogen-bond acceptors (Lipinski definition) is 4. The van der Waals surface area contributed by atoms with Crippen molar-refractivity contribution < 1.29 is 14.7 Å². The van der Waals surface area contributed by atoms with Crippen LogP contribution in [-0.2, 0) is 24.1 Å². The summed E-state index contributed by atoms with van der Waals surface area (Å²) in [5, 5.41) is 9.39. The number of benzene rings is 1. The highest BCUT2D eigenvalue weighted by atomic mass is 79.9. The summed E-state index contributed by atoms with van der Waals surface area (Å²) in [6.07, 6.45) is 7.36. The van der Waals surface area contributed by atoms with Gasteiger partial charge in [0.15, 0.2) is 0 Å². The molecule has 0 saturated carbocycles. The zero-order valence-corrected chi connectivity index (χ0v) is 20.3. The van der Waals surface area contributed by atoms with Crippen LogP contribution >= 0.6 is 15.9 Å². The molecule has 7 heteroatoms. The quantitative estimate of drug-likeness (QED) is 0.436. The molecule has 2 aromatic heterocycles. The van der Waals surface area contributed by atoms with Crippen molar-refractivity contribution in [3.05, 3.63) is 93.0 Å². The smallest absolute Gasteiger partial charge is 0.227 e. The molecule has 1 N–H and O–H groups in total. The van der Waals surface area contributed by atoms with Crippen molar-refractivity contribution in [2.75, 3.05) is 26.2 Å². The number of fused-ring (bicyclic) bond motifs is 2. The van der Waals surface area contributed by atoms with E-state index in [0.717, 1.165) is 46.4 Å². The van der Waals surface area contributed by atoms with Crippen LogP contribution in [0.25, 0.3) is 0 Å². The minimum absolute atomic E-state index is 0.108. The summed E-state index contributed by atoms with van der Waals surface area (Å²) in [7, 11) is 0. The van der Waals surface area contributed by atoms with Crippen LogP contribution in [0.15, 0.2) is 59.5 Å². The highest BCUT2D eigenvalue weighted by molar-refractivity contribution is 9.10. The molecule has 1 unspecified atom stereocenters. The Hall–Kier alpha value is -2.77. The molecular weight excluding hydrogens is 480 g/mol. The highest BCUT2D eigenvalue weighted by Gasteiger charge is 2.33. The number of carbonyl (C=O) groups is 1. The van der Waals surface area contributed by atoms with Gasteiger partial charge in [-0.15, -0.1) is 0 Å². The predicted molar refractivity (Wildman–Crippen MR) is 128 cm³/mol. The number of pyridine rings is 2. The normalized spacial score (nSPS) is 18.4. The first-order chi connectivity index (χ1) is 16.0. The van der Waals surface area contributed by atoms with Gasteiger partial charge in [-0.05, 0) is 69.6 Å². The molecule has 170 valence electrons. The maximum absolute atomic E-state index is 12.9. The van der Waals surface area contributed by atoms with Crippen LogP contribution in [0, 0.1) is 6.92 Å². The molecule has 0 bridgehead atoms. The minimum atomic E-state index is 0.108. The Morgan fingerprint density at radius 1 is 1.15 bits per heavy atom. The molecule has 3 aromatic rings. The van der Waals surface area contributed by atoms with Crippen molar-refractivity contribution in [1.29, 1.82) is 0 Å². The van der Waals surface area contributed by atoms with Gasteiger partial charge in [-0.3, -0.25) is 19.9 Å². The molecule has 0 spiro atoms. The lowest BCUT2D eigenvalue weighted by Gasteiger charge is -2.40. The molecule has 1 atom stereocenters. The lowest BCUT2D eigenvalue weighted by molar-refractivity contribution is -0.904. The molecule has 1 saturated heterocycles. The molecule has 2 aliphatic rings. The molecule has 1 aliphatic carbocycles. The van der Waals surface area contributed by atoms with Gasteiger partial charge in [0.05, 0.1) is 18.2 Å². The lowest BCUT2D eigenvalue weighted by atomic mass is 9.93. The Labute approximate surface area is 202 Å². The molecule has 3 heterocycles. The number of piperazine rings is 1. The second-order valence-corrected chi connectivity index (χ2v) is 9.84. The molecule has 1 fully saturated rings. The number of aromatic nitrogens is 2. The first-order valence-electron chi connectivity index (χ1n) is 11.4. The fourth-order valence-corrected chi connectivity index (χ4v) is 5.50. The SMILES string of the molecule is Cc1cccc2c1CCc1cc(Br)cnc1C2N1CCN(C(=O)Cc2cc[n+](O)cc2)CC1. The van der Waals surface area contributed by atoms with Gasteiger partial charge in [0, 0.05) is 53.7 Å². The zero-order chi connectivity index (χ0) is 22.9. The van der Waals surface area contributed by atoms with E-state index in [4.69, 9.17) is 4.98 Å². The number of nitrogens with zero attached hydrogens (tertiary/aromatic N) is 4. The third-order valence-corrected chi connectivity index (χ3v) is 7.32. The van der Waals surface area contributed by atoms with Gasteiger partial charge >= 0.3 is 0 Å². The van der Waals surface area contributed by atoms with E-state index in [1.54, 1.807) is 24.5 Å². The molecule has 1 aromatic carbocycles. The fraction of sp³-hybridized carbons (Fsp3) is 0.346. The molecule has 1 aliphatic heterocycles. The van der Waals surface area contributed by atoms with E-state index in [9.17, 15) is 10.0 Å². The first kappa shape index (κ1) is 22.0. The van der Waals surface area contributed by atoms with Crippen molar-refractivity contribution >= 4 is 21.8 Å². The fourth-order valence-electron chi connectivity index (χ4n) is 5.12. The topological polar surface area (TPSA) is 60.6 Å². The predicted octanol–water partition coefficient (Wildman–Crippen LogP) is 3.25. The molecule has 33 heavy (non-hydrogen) atoms. The van der Waals surface area contributed by atoms with Crippen molar-refractivity contribution in [1.82, 2.24) is 14.8 Å². The van der Waals surface area contributed by atoms with Gasteiger partial charge in [-0.2, -0.15) is 0 Å². The summed E-state index contributed by atoms with van der Waals surface area (Å²) >= 11 is 3.60. The number of amides is 1. The average molecular weight is 508 g/mol. The number of aryl methyl sites for hydroxylation is 2. The van der Waals surface area contributed by atoms with Crippen molar-refractivity contribution in [3.63, 3.8) is 0 Å². The summed E-state index contributed by atoms with van der Waals surface area (Å²) in [6, 6.07) is 12.5. The standard InChI is InChI=1S/C26H28BrN4O2/c1-18-3-2-4-23-22(18)6-5-20-16-21(27)17-28-25(20)26(23)30-13-11-29(12-14-30)24(32)15-19-7-9-31(33)10-8-19/h2-4,7-10,16-17,26,33H,5-6,11-15H2,1H3/q+1. The second-order valence-electron chi connectivity index (χ2n) is 8.92. The van der Waals surface area contributed by atoms with Crippen molar-refractivity contribution in [3.8, 4) is 0 Å². The second kappa shape index (κ2) is 9.23. The third-order valence-electron chi connectivity index (χ3n) is 6.88. The number of hydrogen-bond donors (Lipinski definition) is 1. The van der Waals surface area contributed by atoms with E-state index < -0.39 is 0 Å². The van der Waals surface area contributed by atoms with Crippen LogP contribution in [0.3, 0.4) is 0 Å². The van der Waals surface area contributed by atoms with E-state index in [-0.39, 0.29) is 11.9 Å². The molecule has 0 radical (unpaired) electrons. The zero-order valence-electron chi connectivity index (χ0n) is 18.7. The monoisotopic (exact) mass is 507 g/mol. The summed E-state index contributed by atoms with van der Waals surface area (Å²) < 4.78 is 2.01. The first-order valence-corrected chi connectivity index (χ1v) is 12.2. The lowest BCUT2D eigenvalue weighted by Crippen LogP contribution is -2.50. The average Bonchev–Trinajstić information content (AvgIpc) is 2.98. The van der Waals surface area contributed by atoms with E-state index in [0.29, 0.717) is 19.5 Å². The van der Waals surface area contributed by atoms with Gasteiger partial charge in [-0.25, -0.2) is 0 Å². The Balaban J connectivity index is 1.37. The third kappa shape index (κ3) is 4.52. The molecule has 6 nitrogen and oxygen atoms in total. The van der Waals surface area contributed by atoms with Crippen LogP contribution in [0.5, 0.6) is 0 Å². The molecule has 5 rings (SSSR count). The van der Waals surface area contributed by atoms with E-state index in [1.807, 2.05) is 11.1 Å². The highest BCUT2D eigenvalue weighted by Crippen LogP contribution is 2.38. The van der Waals surface area contributed by atoms with Gasteiger partial charge in [-0.1, -0.05) is 18.2 Å². The summed E-state index contributed by atoms with van der Waals surface area (Å²) in [5.41, 5.74) is 7.47. The maximum Gasteiger partial charge on any atom is 0.227 e. The number of halogens is 1. The van der Waals surface area contributed by atoms with Gasteiger partial charge < -0.3 is 4.90 Å². The van der Waals surface area contributed by atoms with Crippen LogP contribution in [-0.4, -0.2) is 52.1 Å². The molecular formula is C26H28BrN4O2+. The van der Waals surface area contributed by atoms with E-state index >= 15 is 0 Å². The summed E-state index contributed by atoms with van der Waals surface area (Å²) in [4.78, 5) is 22.2. The summed E-state index contributed by atoms with van der Waals surface area (Å²) in [6.45, 7) is 5.23. The van der Waals surface area contributed by atoms with Crippen LogP contribution in [0.2, 0.25) is 0 Å². The Bertz CT molecular complexity index is 1170.